The van der Waals surface area contributed by atoms with E-state index in [9.17, 15) is 5.11 Å². The molecule has 0 amide bonds. The number of aliphatic hydroxyl groups is 1. The van der Waals surface area contributed by atoms with E-state index >= 15 is 0 Å². The van der Waals surface area contributed by atoms with Crippen molar-refractivity contribution >= 4 is 31.9 Å². The standard InChI is InChI=1S/C14H13Br2NO2/c1-19-14-3-2-10(6-12(14)16)13(18)5-9-4-11(15)8-17-7-9/h2-4,6-8,13,18H,5H2,1H3. The second kappa shape index (κ2) is 6.50. The van der Waals surface area contributed by atoms with Gasteiger partial charge in [0.2, 0.25) is 0 Å². The van der Waals surface area contributed by atoms with Crippen molar-refractivity contribution in [1.29, 1.82) is 0 Å². The van der Waals surface area contributed by atoms with Gasteiger partial charge in [-0.3, -0.25) is 4.98 Å². The summed E-state index contributed by atoms with van der Waals surface area (Å²) in [7, 11) is 1.61. The summed E-state index contributed by atoms with van der Waals surface area (Å²) in [5.74, 6) is 0.750. The Kier molecular flexibility index (Phi) is 4.96. The summed E-state index contributed by atoms with van der Waals surface area (Å²) >= 11 is 6.79. The summed E-state index contributed by atoms with van der Waals surface area (Å²) in [6, 6.07) is 7.52. The first-order chi connectivity index (χ1) is 9.10. The molecule has 0 radical (unpaired) electrons. The number of aromatic nitrogens is 1. The normalized spacial score (nSPS) is 12.2. The number of methoxy groups -OCH3 is 1. The highest BCUT2D eigenvalue weighted by Crippen LogP contribution is 2.29. The lowest BCUT2D eigenvalue weighted by atomic mass is 10.0. The van der Waals surface area contributed by atoms with E-state index < -0.39 is 6.10 Å². The molecule has 100 valence electrons. The SMILES string of the molecule is COc1ccc(C(O)Cc2cncc(Br)c2)cc1Br. The zero-order valence-corrected chi connectivity index (χ0v) is 13.5. The summed E-state index contributed by atoms with van der Waals surface area (Å²) in [6.45, 7) is 0. The maximum Gasteiger partial charge on any atom is 0.133 e. The van der Waals surface area contributed by atoms with Crippen molar-refractivity contribution in [2.24, 2.45) is 0 Å². The average molecular weight is 387 g/mol. The van der Waals surface area contributed by atoms with Crippen molar-refractivity contribution in [3.05, 3.63) is 56.7 Å². The molecule has 1 heterocycles. The Morgan fingerprint density at radius 2 is 2.05 bits per heavy atom. The summed E-state index contributed by atoms with van der Waals surface area (Å²) < 4.78 is 6.91. The predicted molar refractivity (Wildman–Crippen MR) is 81.3 cm³/mol. The molecule has 0 saturated heterocycles. The lowest BCUT2D eigenvalue weighted by Crippen LogP contribution is -2.02. The third-order valence-electron chi connectivity index (χ3n) is 2.75. The van der Waals surface area contributed by atoms with E-state index in [4.69, 9.17) is 4.74 Å². The van der Waals surface area contributed by atoms with Gasteiger partial charge < -0.3 is 9.84 Å². The topological polar surface area (TPSA) is 42.4 Å². The fraction of sp³-hybridized carbons (Fsp3) is 0.214. The lowest BCUT2D eigenvalue weighted by molar-refractivity contribution is 0.178. The van der Waals surface area contributed by atoms with Crippen LogP contribution in [0, 0.1) is 0 Å². The molecule has 1 N–H and O–H groups in total. The van der Waals surface area contributed by atoms with Crippen LogP contribution < -0.4 is 4.74 Å². The highest BCUT2D eigenvalue weighted by atomic mass is 79.9. The van der Waals surface area contributed by atoms with Crippen molar-refractivity contribution in [3.8, 4) is 5.75 Å². The molecule has 0 aliphatic rings. The molecular weight excluding hydrogens is 374 g/mol. The van der Waals surface area contributed by atoms with Gasteiger partial charge in [0.25, 0.3) is 0 Å². The van der Waals surface area contributed by atoms with Crippen LogP contribution in [0.4, 0.5) is 0 Å². The molecule has 0 saturated carbocycles. The van der Waals surface area contributed by atoms with Gasteiger partial charge in [-0.15, -0.1) is 0 Å². The molecule has 0 aliphatic heterocycles. The maximum absolute atomic E-state index is 10.2. The minimum absolute atomic E-state index is 0.519. The number of benzene rings is 1. The molecule has 0 spiro atoms. The molecule has 0 fully saturated rings. The molecule has 2 rings (SSSR count). The highest BCUT2D eigenvalue weighted by Gasteiger charge is 2.11. The van der Waals surface area contributed by atoms with Crippen LogP contribution in [0.3, 0.4) is 0 Å². The Morgan fingerprint density at radius 1 is 1.26 bits per heavy atom. The maximum atomic E-state index is 10.2. The Hall–Kier alpha value is -0.910. The third-order valence-corrected chi connectivity index (χ3v) is 3.80. The molecule has 3 nitrogen and oxygen atoms in total. The second-order valence-corrected chi connectivity index (χ2v) is 5.90. The van der Waals surface area contributed by atoms with Crippen LogP contribution in [-0.4, -0.2) is 17.2 Å². The number of rotatable bonds is 4. The molecule has 1 atom stereocenters. The summed E-state index contributed by atoms with van der Waals surface area (Å²) in [6.07, 6.45) is 3.43. The van der Waals surface area contributed by atoms with E-state index in [0.29, 0.717) is 6.42 Å². The first-order valence-electron chi connectivity index (χ1n) is 5.71. The largest absolute Gasteiger partial charge is 0.496 e. The van der Waals surface area contributed by atoms with Gasteiger partial charge >= 0.3 is 0 Å². The van der Waals surface area contributed by atoms with Crippen LogP contribution in [0.15, 0.2) is 45.6 Å². The van der Waals surface area contributed by atoms with Crippen LogP contribution in [0.1, 0.15) is 17.2 Å². The third kappa shape index (κ3) is 3.78. The Labute approximate surface area is 128 Å². The first-order valence-corrected chi connectivity index (χ1v) is 7.29. The Morgan fingerprint density at radius 3 is 2.68 bits per heavy atom. The number of aliphatic hydroxyl groups excluding tert-OH is 1. The van der Waals surface area contributed by atoms with Gasteiger partial charge in [0.05, 0.1) is 17.7 Å². The van der Waals surface area contributed by atoms with Crippen LogP contribution in [-0.2, 0) is 6.42 Å². The van der Waals surface area contributed by atoms with E-state index in [-0.39, 0.29) is 0 Å². The first kappa shape index (κ1) is 14.5. The van der Waals surface area contributed by atoms with Crippen molar-refractivity contribution in [2.75, 3.05) is 7.11 Å². The zero-order chi connectivity index (χ0) is 13.8. The fourth-order valence-corrected chi connectivity index (χ4v) is 2.77. The van der Waals surface area contributed by atoms with Gasteiger partial charge in [-0.05, 0) is 61.2 Å². The number of hydrogen-bond acceptors (Lipinski definition) is 3. The number of pyridine rings is 1. The molecule has 19 heavy (non-hydrogen) atoms. The smallest absolute Gasteiger partial charge is 0.133 e. The van der Waals surface area contributed by atoms with Crippen molar-refractivity contribution < 1.29 is 9.84 Å². The average Bonchev–Trinajstić information content (AvgIpc) is 2.38. The second-order valence-electron chi connectivity index (χ2n) is 4.13. The van der Waals surface area contributed by atoms with Gasteiger partial charge in [-0.1, -0.05) is 6.07 Å². The van der Waals surface area contributed by atoms with Crippen LogP contribution in [0.2, 0.25) is 0 Å². The monoisotopic (exact) mass is 385 g/mol. The number of halogens is 2. The Bertz CT molecular complexity index is 575. The van der Waals surface area contributed by atoms with Crippen molar-refractivity contribution in [2.45, 2.75) is 12.5 Å². The minimum atomic E-state index is -0.571. The molecule has 2 aromatic rings. The Balaban J connectivity index is 2.15. The van der Waals surface area contributed by atoms with E-state index in [1.807, 2.05) is 24.3 Å². The van der Waals surface area contributed by atoms with E-state index in [2.05, 4.69) is 36.8 Å². The van der Waals surface area contributed by atoms with Crippen LogP contribution in [0.5, 0.6) is 5.75 Å². The van der Waals surface area contributed by atoms with Crippen LogP contribution >= 0.6 is 31.9 Å². The van der Waals surface area contributed by atoms with Crippen molar-refractivity contribution in [3.63, 3.8) is 0 Å². The quantitative estimate of drug-likeness (QED) is 0.866. The number of hydrogen-bond donors (Lipinski definition) is 1. The molecular formula is C14H13Br2NO2. The molecule has 1 aromatic heterocycles. The number of ether oxygens (including phenoxy) is 1. The van der Waals surface area contributed by atoms with Gasteiger partial charge in [0.15, 0.2) is 0 Å². The molecule has 1 unspecified atom stereocenters. The number of nitrogens with zero attached hydrogens (tertiary/aromatic N) is 1. The molecule has 5 heteroatoms. The lowest BCUT2D eigenvalue weighted by Gasteiger charge is -2.13. The zero-order valence-electron chi connectivity index (χ0n) is 10.3. The van der Waals surface area contributed by atoms with Crippen LogP contribution in [0.25, 0.3) is 0 Å². The van der Waals surface area contributed by atoms with Gasteiger partial charge in [-0.25, -0.2) is 0 Å². The summed E-state index contributed by atoms with van der Waals surface area (Å²) in [5, 5.41) is 10.2. The predicted octanol–water partition coefficient (Wildman–Crippen LogP) is 3.89. The van der Waals surface area contributed by atoms with Gasteiger partial charge in [0.1, 0.15) is 5.75 Å². The van der Waals surface area contributed by atoms with Crippen molar-refractivity contribution in [1.82, 2.24) is 4.98 Å². The van der Waals surface area contributed by atoms with E-state index in [0.717, 1.165) is 25.8 Å². The van der Waals surface area contributed by atoms with E-state index in [1.54, 1.807) is 19.5 Å². The summed E-state index contributed by atoms with van der Waals surface area (Å²) in [4.78, 5) is 4.09. The van der Waals surface area contributed by atoms with Gasteiger partial charge in [0, 0.05) is 23.3 Å². The van der Waals surface area contributed by atoms with E-state index in [1.165, 1.54) is 0 Å². The molecule has 1 aromatic carbocycles. The highest BCUT2D eigenvalue weighted by molar-refractivity contribution is 9.10. The fourth-order valence-electron chi connectivity index (χ4n) is 1.80. The van der Waals surface area contributed by atoms with Gasteiger partial charge in [-0.2, -0.15) is 0 Å². The molecule has 0 aliphatic carbocycles. The molecule has 0 bridgehead atoms. The minimum Gasteiger partial charge on any atom is -0.496 e. The summed E-state index contributed by atoms with van der Waals surface area (Å²) in [5.41, 5.74) is 1.82.